The Bertz CT molecular complexity index is 555. The molecule has 1 aliphatic heterocycles. The molecule has 0 aromatic heterocycles. The fraction of sp³-hybridized carbons (Fsp3) is 0.500. The predicted molar refractivity (Wildman–Crippen MR) is 79.2 cm³/mol. The summed E-state index contributed by atoms with van der Waals surface area (Å²) in [5.41, 5.74) is 4.87. The summed E-state index contributed by atoms with van der Waals surface area (Å²) in [5, 5.41) is 0. The van der Waals surface area contributed by atoms with E-state index in [4.69, 9.17) is 9.47 Å². The van der Waals surface area contributed by atoms with Crippen molar-refractivity contribution in [2.75, 3.05) is 6.61 Å². The Morgan fingerprint density at radius 3 is 2.59 bits per heavy atom. The summed E-state index contributed by atoms with van der Waals surface area (Å²) >= 11 is 0. The number of carbonyl (C=O) groups is 2. The first-order valence-corrected chi connectivity index (χ1v) is 7.69. The summed E-state index contributed by atoms with van der Waals surface area (Å²) in [7, 11) is 0. The number of nitrogens with one attached hydrogen (secondary N) is 2. The quantitative estimate of drug-likeness (QED) is 0.831. The van der Waals surface area contributed by atoms with Gasteiger partial charge in [0.05, 0.1) is 0 Å². The van der Waals surface area contributed by atoms with Gasteiger partial charge in [0.1, 0.15) is 6.61 Å². The van der Waals surface area contributed by atoms with Crippen molar-refractivity contribution in [2.45, 2.75) is 38.2 Å². The van der Waals surface area contributed by atoms with E-state index < -0.39 is 12.0 Å². The summed E-state index contributed by atoms with van der Waals surface area (Å²) in [6.45, 7) is 0.126. The molecule has 0 saturated heterocycles. The maximum Gasteiger partial charge on any atom is 0.283 e. The molecule has 6 heteroatoms. The van der Waals surface area contributed by atoms with Crippen LogP contribution in [-0.4, -0.2) is 24.5 Å². The van der Waals surface area contributed by atoms with Crippen molar-refractivity contribution in [3.8, 4) is 11.5 Å². The number of ether oxygens (including phenoxy) is 2. The molecule has 2 amide bonds. The van der Waals surface area contributed by atoms with Crippen LogP contribution in [0.1, 0.15) is 32.1 Å². The third-order valence-corrected chi connectivity index (χ3v) is 4.07. The summed E-state index contributed by atoms with van der Waals surface area (Å²) in [6, 6.07) is 7.18. The molecular formula is C16H20N2O4. The van der Waals surface area contributed by atoms with Crippen molar-refractivity contribution >= 4 is 11.8 Å². The van der Waals surface area contributed by atoms with E-state index in [1.807, 2.05) is 12.1 Å². The second-order valence-corrected chi connectivity index (χ2v) is 5.76. The summed E-state index contributed by atoms with van der Waals surface area (Å²) in [5.74, 6) is 1.03. The molecule has 0 radical (unpaired) electrons. The maximum atomic E-state index is 12.0. The first-order valence-electron chi connectivity index (χ1n) is 7.69. The van der Waals surface area contributed by atoms with E-state index in [2.05, 4.69) is 10.9 Å². The van der Waals surface area contributed by atoms with Gasteiger partial charge in [-0.2, -0.15) is 0 Å². The fourth-order valence-corrected chi connectivity index (χ4v) is 2.89. The van der Waals surface area contributed by atoms with Gasteiger partial charge in [0.2, 0.25) is 12.0 Å². The largest absolute Gasteiger partial charge is 0.485 e. The van der Waals surface area contributed by atoms with Crippen molar-refractivity contribution in [1.82, 2.24) is 10.9 Å². The third-order valence-electron chi connectivity index (χ3n) is 4.07. The van der Waals surface area contributed by atoms with Crippen LogP contribution < -0.4 is 20.3 Å². The van der Waals surface area contributed by atoms with Crippen molar-refractivity contribution in [2.24, 2.45) is 5.92 Å². The number of hydrazine groups is 1. The van der Waals surface area contributed by atoms with Gasteiger partial charge in [0.25, 0.3) is 5.91 Å². The minimum Gasteiger partial charge on any atom is -0.485 e. The van der Waals surface area contributed by atoms with Crippen molar-refractivity contribution in [3.05, 3.63) is 24.3 Å². The molecule has 2 aliphatic rings. The maximum absolute atomic E-state index is 12.0. The minimum absolute atomic E-state index is 0.126. The highest BCUT2D eigenvalue weighted by Gasteiger charge is 2.27. The number of benzene rings is 1. The van der Waals surface area contributed by atoms with E-state index in [9.17, 15) is 9.59 Å². The van der Waals surface area contributed by atoms with Crippen LogP contribution in [0.25, 0.3) is 0 Å². The van der Waals surface area contributed by atoms with Crippen LogP contribution in [0.4, 0.5) is 0 Å². The smallest absolute Gasteiger partial charge is 0.283 e. The van der Waals surface area contributed by atoms with Gasteiger partial charge in [-0.25, -0.2) is 0 Å². The lowest BCUT2D eigenvalue weighted by atomic mass is 10.0. The topological polar surface area (TPSA) is 76.7 Å². The van der Waals surface area contributed by atoms with Gasteiger partial charge in [-0.05, 0) is 30.9 Å². The lowest BCUT2D eigenvalue weighted by Crippen LogP contribution is -2.51. The van der Waals surface area contributed by atoms with Gasteiger partial charge in [0, 0.05) is 6.42 Å². The van der Waals surface area contributed by atoms with E-state index in [-0.39, 0.29) is 12.5 Å². The third kappa shape index (κ3) is 3.50. The number of amides is 2. The molecule has 1 aromatic rings. The Kier molecular flexibility index (Phi) is 4.46. The Morgan fingerprint density at radius 2 is 1.82 bits per heavy atom. The second kappa shape index (κ2) is 6.68. The molecule has 1 aliphatic carbocycles. The van der Waals surface area contributed by atoms with E-state index in [1.165, 1.54) is 12.8 Å². The van der Waals surface area contributed by atoms with Gasteiger partial charge in [-0.3, -0.25) is 20.4 Å². The Morgan fingerprint density at radius 1 is 1.09 bits per heavy atom. The molecule has 1 saturated carbocycles. The monoisotopic (exact) mass is 304 g/mol. The lowest BCUT2D eigenvalue weighted by Gasteiger charge is -2.25. The molecule has 0 bridgehead atoms. The van der Waals surface area contributed by atoms with Crippen molar-refractivity contribution in [1.29, 1.82) is 0 Å². The number of carbonyl (C=O) groups excluding carboxylic acids is 2. The zero-order valence-corrected chi connectivity index (χ0v) is 12.3. The Balaban J connectivity index is 1.45. The number of hydrogen-bond acceptors (Lipinski definition) is 4. The van der Waals surface area contributed by atoms with Crippen LogP contribution in [0.3, 0.4) is 0 Å². The SMILES string of the molecule is O=C(CC1CCCC1)NNC(=O)[C@@H]1COc2ccccc2O1. The zero-order chi connectivity index (χ0) is 15.4. The number of para-hydroxylation sites is 2. The van der Waals surface area contributed by atoms with E-state index in [1.54, 1.807) is 12.1 Å². The molecule has 118 valence electrons. The summed E-state index contributed by atoms with van der Waals surface area (Å²) in [6.07, 6.45) is 4.27. The number of rotatable bonds is 3. The molecule has 1 fully saturated rings. The zero-order valence-electron chi connectivity index (χ0n) is 12.3. The van der Waals surface area contributed by atoms with Crippen LogP contribution >= 0.6 is 0 Å². The van der Waals surface area contributed by atoms with Crippen LogP contribution in [0.5, 0.6) is 11.5 Å². The predicted octanol–water partition coefficient (Wildman–Crippen LogP) is 1.55. The van der Waals surface area contributed by atoms with Gasteiger partial charge < -0.3 is 9.47 Å². The number of fused-ring (bicyclic) bond motifs is 1. The van der Waals surface area contributed by atoms with E-state index in [0.717, 1.165) is 12.8 Å². The second-order valence-electron chi connectivity index (χ2n) is 5.76. The molecule has 3 rings (SSSR count). The molecule has 0 spiro atoms. The summed E-state index contributed by atoms with van der Waals surface area (Å²) < 4.78 is 11.0. The molecule has 22 heavy (non-hydrogen) atoms. The Hall–Kier alpha value is -2.24. The molecular weight excluding hydrogens is 284 g/mol. The molecule has 2 N–H and O–H groups in total. The molecule has 1 heterocycles. The van der Waals surface area contributed by atoms with Crippen LogP contribution in [-0.2, 0) is 9.59 Å². The van der Waals surface area contributed by atoms with Gasteiger partial charge in [-0.1, -0.05) is 25.0 Å². The normalized spacial score (nSPS) is 20.5. The van der Waals surface area contributed by atoms with Gasteiger partial charge >= 0.3 is 0 Å². The standard InChI is InChI=1S/C16H20N2O4/c19-15(9-11-5-1-2-6-11)17-18-16(20)14-10-21-12-7-3-4-8-13(12)22-14/h3-4,7-8,11,14H,1-2,5-6,9-10H2,(H,17,19)(H,18,20)/t14-/m0/s1. The lowest BCUT2D eigenvalue weighted by molar-refractivity contribution is -0.135. The molecule has 1 aromatic carbocycles. The van der Waals surface area contributed by atoms with Gasteiger partial charge in [0.15, 0.2) is 11.5 Å². The highest BCUT2D eigenvalue weighted by molar-refractivity contribution is 5.85. The average molecular weight is 304 g/mol. The first kappa shape index (κ1) is 14.7. The van der Waals surface area contributed by atoms with Crippen LogP contribution in [0.15, 0.2) is 24.3 Å². The van der Waals surface area contributed by atoms with Crippen molar-refractivity contribution in [3.63, 3.8) is 0 Å². The highest BCUT2D eigenvalue weighted by Crippen LogP contribution is 2.30. The molecule has 6 nitrogen and oxygen atoms in total. The fourth-order valence-electron chi connectivity index (χ4n) is 2.89. The van der Waals surface area contributed by atoms with Crippen molar-refractivity contribution < 1.29 is 19.1 Å². The number of hydrogen-bond donors (Lipinski definition) is 2. The molecule has 0 unspecified atom stereocenters. The highest BCUT2D eigenvalue weighted by atomic mass is 16.6. The summed E-state index contributed by atoms with van der Waals surface area (Å²) in [4.78, 5) is 23.8. The molecule has 1 atom stereocenters. The van der Waals surface area contributed by atoms with Gasteiger partial charge in [-0.15, -0.1) is 0 Å². The Labute approximate surface area is 129 Å². The average Bonchev–Trinajstić information content (AvgIpc) is 3.05. The van der Waals surface area contributed by atoms with E-state index >= 15 is 0 Å². The van der Waals surface area contributed by atoms with E-state index in [0.29, 0.717) is 23.8 Å². The first-order chi connectivity index (χ1) is 10.7. The minimum atomic E-state index is -0.762. The van der Waals surface area contributed by atoms with Crippen LogP contribution in [0.2, 0.25) is 0 Å². The van der Waals surface area contributed by atoms with Crippen LogP contribution in [0, 0.1) is 5.92 Å².